The minimum absolute atomic E-state index is 0.312. The molecule has 1 fully saturated rings. The number of thiazole rings is 1. The molecule has 3 heterocycles. The van der Waals surface area contributed by atoms with Gasteiger partial charge < -0.3 is 15.5 Å². The monoisotopic (exact) mass is 364 g/mol. The molecule has 0 radical (unpaired) electrons. The maximum absolute atomic E-state index is 6.24. The molecule has 3 rings (SSSR count). The Bertz CT molecular complexity index is 716. The Hall–Kier alpha value is -1.86. The summed E-state index contributed by atoms with van der Waals surface area (Å²) in [5, 5.41) is 10.6. The number of aliphatic imine (C=N–C) groups is 1. The van der Waals surface area contributed by atoms with Crippen molar-refractivity contribution in [2.75, 3.05) is 25.0 Å². The summed E-state index contributed by atoms with van der Waals surface area (Å²) in [6.07, 6.45) is 2.79. The molecule has 24 heavy (non-hydrogen) atoms. The van der Waals surface area contributed by atoms with E-state index in [4.69, 9.17) is 11.6 Å². The first-order chi connectivity index (χ1) is 11.7. The standard InChI is InChI=1S/C16H21ClN6S/c1-11-10-24-14(21-11)8-20-16(18-2)22-12-5-7-23(9-12)15-13(17)4-3-6-19-15/h3-4,6,10,12H,5,7-9H2,1-2H3,(H2,18,20,22). The van der Waals surface area contributed by atoms with Gasteiger partial charge in [-0.1, -0.05) is 11.6 Å². The van der Waals surface area contributed by atoms with Gasteiger partial charge in [0, 0.05) is 43.4 Å². The van der Waals surface area contributed by atoms with Crippen LogP contribution in [0.1, 0.15) is 17.1 Å². The van der Waals surface area contributed by atoms with Crippen LogP contribution in [-0.2, 0) is 6.54 Å². The molecule has 0 saturated carbocycles. The summed E-state index contributed by atoms with van der Waals surface area (Å²) in [5.74, 6) is 1.64. The highest BCUT2D eigenvalue weighted by molar-refractivity contribution is 7.09. The fraction of sp³-hybridized carbons (Fsp3) is 0.438. The quantitative estimate of drug-likeness (QED) is 0.644. The Balaban J connectivity index is 1.53. The normalized spacial score (nSPS) is 18.0. The van der Waals surface area contributed by atoms with E-state index in [9.17, 15) is 0 Å². The van der Waals surface area contributed by atoms with Crippen LogP contribution < -0.4 is 15.5 Å². The van der Waals surface area contributed by atoms with Crippen molar-refractivity contribution >= 4 is 34.7 Å². The first kappa shape index (κ1) is 17.0. The summed E-state index contributed by atoms with van der Waals surface area (Å²) in [4.78, 5) is 15.3. The molecule has 2 aromatic heterocycles. The number of guanidine groups is 1. The van der Waals surface area contributed by atoms with Crippen LogP contribution in [0.25, 0.3) is 0 Å². The lowest BCUT2D eigenvalue weighted by Crippen LogP contribution is -2.44. The van der Waals surface area contributed by atoms with E-state index in [0.717, 1.165) is 42.0 Å². The summed E-state index contributed by atoms with van der Waals surface area (Å²) in [5.41, 5.74) is 1.05. The van der Waals surface area contributed by atoms with Gasteiger partial charge in [-0.15, -0.1) is 11.3 Å². The van der Waals surface area contributed by atoms with Gasteiger partial charge in [0.25, 0.3) is 0 Å². The van der Waals surface area contributed by atoms with E-state index < -0.39 is 0 Å². The van der Waals surface area contributed by atoms with Crippen molar-refractivity contribution in [3.05, 3.63) is 39.4 Å². The number of anilines is 1. The zero-order chi connectivity index (χ0) is 16.9. The smallest absolute Gasteiger partial charge is 0.191 e. The third kappa shape index (κ3) is 4.15. The number of halogens is 1. The molecule has 0 aliphatic carbocycles. The number of nitrogens with one attached hydrogen (secondary N) is 2. The van der Waals surface area contributed by atoms with Crippen molar-refractivity contribution in [2.24, 2.45) is 4.99 Å². The molecule has 1 aliphatic rings. The molecule has 0 bridgehead atoms. The maximum atomic E-state index is 6.24. The molecular formula is C16H21ClN6S. The molecule has 0 amide bonds. The second-order valence-electron chi connectivity index (χ2n) is 5.69. The summed E-state index contributed by atoms with van der Waals surface area (Å²) in [7, 11) is 1.78. The SMILES string of the molecule is CN=C(NCc1nc(C)cs1)NC1CCN(c2ncccc2Cl)C1. The predicted octanol–water partition coefficient (Wildman–Crippen LogP) is 2.44. The average Bonchev–Trinajstić information content (AvgIpc) is 3.21. The van der Waals surface area contributed by atoms with E-state index in [2.05, 4.69) is 35.9 Å². The second-order valence-corrected chi connectivity index (χ2v) is 7.04. The first-order valence-electron chi connectivity index (χ1n) is 7.89. The van der Waals surface area contributed by atoms with Crippen LogP contribution in [0.15, 0.2) is 28.7 Å². The maximum Gasteiger partial charge on any atom is 0.191 e. The number of aryl methyl sites for hydroxylation is 1. The van der Waals surface area contributed by atoms with Crippen molar-refractivity contribution in [3.63, 3.8) is 0 Å². The van der Waals surface area contributed by atoms with Crippen LogP contribution in [0.3, 0.4) is 0 Å². The first-order valence-corrected chi connectivity index (χ1v) is 9.15. The molecule has 8 heteroatoms. The zero-order valence-electron chi connectivity index (χ0n) is 13.8. The highest BCUT2D eigenvalue weighted by atomic mass is 35.5. The van der Waals surface area contributed by atoms with Gasteiger partial charge in [0.1, 0.15) is 10.8 Å². The van der Waals surface area contributed by atoms with Crippen LogP contribution in [0, 0.1) is 6.92 Å². The minimum atomic E-state index is 0.312. The van der Waals surface area contributed by atoms with Crippen molar-refractivity contribution in [3.8, 4) is 0 Å². The molecule has 2 N–H and O–H groups in total. The predicted molar refractivity (Wildman–Crippen MR) is 100 cm³/mol. The largest absolute Gasteiger partial charge is 0.353 e. The van der Waals surface area contributed by atoms with Crippen LogP contribution in [-0.4, -0.2) is 42.1 Å². The summed E-state index contributed by atoms with van der Waals surface area (Å²) >= 11 is 7.89. The number of pyridine rings is 1. The van der Waals surface area contributed by atoms with Crippen LogP contribution in [0.4, 0.5) is 5.82 Å². The Kier molecular flexibility index (Phi) is 5.52. The molecular weight excluding hydrogens is 344 g/mol. The molecule has 6 nitrogen and oxygen atoms in total. The number of aromatic nitrogens is 2. The Morgan fingerprint density at radius 3 is 3.12 bits per heavy atom. The highest BCUT2D eigenvalue weighted by Crippen LogP contribution is 2.25. The third-order valence-electron chi connectivity index (χ3n) is 3.86. The van der Waals surface area contributed by atoms with Crippen molar-refractivity contribution in [1.29, 1.82) is 0 Å². The van der Waals surface area contributed by atoms with Crippen molar-refractivity contribution in [1.82, 2.24) is 20.6 Å². The molecule has 128 valence electrons. The number of nitrogens with zero attached hydrogens (tertiary/aromatic N) is 4. The van der Waals surface area contributed by atoms with Crippen LogP contribution in [0.5, 0.6) is 0 Å². The van der Waals surface area contributed by atoms with Gasteiger partial charge in [0.05, 0.1) is 11.6 Å². The average molecular weight is 365 g/mol. The van der Waals surface area contributed by atoms with E-state index in [0.29, 0.717) is 17.6 Å². The Morgan fingerprint density at radius 2 is 2.42 bits per heavy atom. The van der Waals surface area contributed by atoms with E-state index in [1.54, 1.807) is 24.6 Å². The second kappa shape index (κ2) is 7.81. The number of rotatable bonds is 4. The molecule has 1 atom stereocenters. The lowest BCUT2D eigenvalue weighted by Gasteiger charge is -2.20. The zero-order valence-corrected chi connectivity index (χ0v) is 15.4. The fourth-order valence-electron chi connectivity index (χ4n) is 2.71. The topological polar surface area (TPSA) is 65.4 Å². The van der Waals surface area contributed by atoms with Gasteiger partial charge in [-0.25, -0.2) is 9.97 Å². The molecule has 1 saturated heterocycles. The van der Waals surface area contributed by atoms with E-state index in [1.807, 2.05) is 19.1 Å². The van der Waals surface area contributed by atoms with Gasteiger partial charge in [0.2, 0.25) is 0 Å². The van der Waals surface area contributed by atoms with Crippen LogP contribution in [0.2, 0.25) is 5.02 Å². The lowest BCUT2D eigenvalue weighted by molar-refractivity contribution is 0.648. The van der Waals surface area contributed by atoms with Crippen molar-refractivity contribution in [2.45, 2.75) is 25.9 Å². The molecule has 1 aliphatic heterocycles. The van der Waals surface area contributed by atoms with Crippen molar-refractivity contribution < 1.29 is 0 Å². The fourth-order valence-corrected chi connectivity index (χ4v) is 3.66. The van der Waals surface area contributed by atoms with Gasteiger partial charge in [-0.05, 0) is 25.5 Å². The number of hydrogen-bond donors (Lipinski definition) is 2. The van der Waals surface area contributed by atoms with Gasteiger partial charge >= 0.3 is 0 Å². The van der Waals surface area contributed by atoms with Gasteiger partial charge in [-0.2, -0.15) is 0 Å². The van der Waals surface area contributed by atoms with Gasteiger partial charge in [-0.3, -0.25) is 4.99 Å². The Labute approximate surface area is 151 Å². The van der Waals surface area contributed by atoms with E-state index >= 15 is 0 Å². The van der Waals surface area contributed by atoms with Crippen LogP contribution >= 0.6 is 22.9 Å². The summed E-state index contributed by atoms with van der Waals surface area (Å²) < 4.78 is 0. The van der Waals surface area contributed by atoms with Gasteiger partial charge in [0.15, 0.2) is 5.96 Å². The molecule has 0 aromatic carbocycles. The highest BCUT2D eigenvalue weighted by Gasteiger charge is 2.25. The number of hydrogen-bond acceptors (Lipinski definition) is 5. The lowest BCUT2D eigenvalue weighted by atomic mass is 10.3. The molecule has 1 unspecified atom stereocenters. The Morgan fingerprint density at radius 1 is 1.54 bits per heavy atom. The minimum Gasteiger partial charge on any atom is -0.353 e. The van der Waals surface area contributed by atoms with E-state index in [-0.39, 0.29) is 0 Å². The molecule has 0 spiro atoms. The third-order valence-corrected chi connectivity index (χ3v) is 5.13. The van der Waals surface area contributed by atoms with E-state index in [1.165, 1.54) is 0 Å². The molecule has 2 aromatic rings. The summed E-state index contributed by atoms with van der Waals surface area (Å²) in [6, 6.07) is 4.04. The summed E-state index contributed by atoms with van der Waals surface area (Å²) in [6.45, 7) is 4.47.